The van der Waals surface area contributed by atoms with Crippen molar-refractivity contribution in [3.05, 3.63) is 53.5 Å². The molecular formula is C24H25N3O3S. The summed E-state index contributed by atoms with van der Waals surface area (Å²) in [7, 11) is 1.60. The van der Waals surface area contributed by atoms with Crippen molar-refractivity contribution in [1.82, 2.24) is 9.88 Å². The zero-order valence-electron chi connectivity index (χ0n) is 17.5. The molecule has 2 aliphatic heterocycles. The topological polar surface area (TPSA) is 62.7 Å². The number of rotatable bonds is 4. The number of nitrogens with zero attached hydrogens (tertiary/aromatic N) is 3. The van der Waals surface area contributed by atoms with Gasteiger partial charge in [0.2, 0.25) is 11.8 Å². The van der Waals surface area contributed by atoms with Gasteiger partial charge in [0, 0.05) is 32.0 Å². The number of benzene rings is 2. The molecule has 0 radical (unpaired) electrons. The van der Waals surface area contributed by atoms with Crippen LogP contribution < -0.4 is 9.64 Å². The average Bonchev–Trinajstić information content (AvgIpc) is 3.42. The largest absolute Gasteiger partial charge is 0.495 e. The van der Waals surface area contributed by atoms with E-state index >= 15 is 0 Å². The van der Waals surface area contributed by atoms with Gasteiger partial charge in [-0.05, 0) is 37.1 Å². The molecule has 5 rings (SSSR count). The van der Waals surface area contributed by atoms with Crippen LogP contribution >= 0.6 is 11.3 Å². The number of thiazole rings is 1. The second-order valence-electron chi connectivity index (χ2n) is 8.22. The number of fused-ring (bicyclic) bond motifs is 1. The molecular weight excluding hydrogens is 410 g/mol. The number of likely N-dealkylation sites (tertiary alicyclic amines) is 1. The normalized spacial score (nSPS) is 21.6. The van der Waals surface area contributed by atoms with Gasteiger partial charge in [0.15, 0.2) is 0 Å². The average molecular weight is 436 g/mol. The Hall–Kier alpha value is -2.93. The third-order valence-electron chi connectivity index (χ3n) is 6.24. The molecule has 2 amide bonds. The van der Waals surface area contributed by atoms with Crippen LogP contribution in [0.3, 0.4) is 0 Å². The number of para-hydroxylation sites is 3. The number of amides is 2. The van der Waals surface area contributed by atoms with Crippen molar-refractivity contribution in [1.29, 1.82) is 0 Å². The zero-order chi connectivity index (χ0) is 21.4. The third-order valence-corrected chi connectivity index (χ3v) is 7.44. The van der Waals surface area contributed by atoms with Gasteiger partial charge in [0.1, 0.15) is 5.75 Å². The smallest absolute Gasteiger partial charge is 0.228 e. The molecule has 2 aromatic carbocycles. The maximum absolute atomic E-state index is 13.3. The Morgan fingerprint density at radius 1 is 1.13 bits per heavy atom. The Bertz CT molecular complexity index is 1090. The molecule has 1 aromatic heterocycles. The van der Waals surface area contributed by atoms with Gasteiger partial charge < -0.3 is 14.5 Å². The van der Waals surface area contributed by atoms with E-state index in [0.29, 0.717) is 18.8 Å². The Morgan fingerprint density at radius 2 is 1.94 bits per heavy atom. The highest BCUT2D eigenvalue weighted by atomic mass is 32.1. The Kier molecular flexibility index (Phi) is 5.36. The fraction of sp³-hybridized carbons (Fsp3) is 0.375. The van der Waals surface area contributed by atoms with E-state index in [0.717, 1.165) is 35.6 Å². The molecule has 2 fully saturated rings. The summed E-state index contributed by atoms with van der Waals surface area (Å²) in [4.78, 5) is 34.5. The van der Waals surface area contributed by atoms with Crippen LogP contribution in [0, 0.1) is 5.92 Å². The minimum absolute atomic E-state index is 0.0254. The van der Waals surface area contributed by atoms with Crippen molar-refractivity contribution in [3.63, 3.8) is 0 Å². The van der Waals surface area contributed by atoms with Crippen LogP contribution in [0.4, 0.5) is 5.69 Å². The summed E-state index contributed by atoms with van der Waals surface area (Å²) in [6, 6.07) is 15.6. The highest BCUT2D eigenvalue weighted by molar-refractivity contribution is 7.18. The highest BCUT2D eigenvalue weighted by Gasteiger charge is 2.39. The minimum atomic E-state index is -0.313. The first-order valence-corrected chi connectivity index (χ1v) is 11.5. The number of carbonyl (C=O) groups excluding carboxylic acids is 2. The predicted molar refractivity (Wildman–Crippen MR) is 122 cm³/mol. The van der Waals surface area contributed by atoms with Crippen molar-refractivity contribution < 1.29 is 14.3 Å². The molecule has 0 N–H and O–H groups in total. The first-order chi connectivity index (χ1) is 15.1. The number of aromatic nitrogens is 1. The van der Waals surface area contributed by atoms with Gasteiger partial charge in [-0.15, -0.1) is 11.3 Å². The molecule has 2 saturated heterocycles. The van der Waals surface area contributed by atoms with E-state index in [9.17, 15) is 9.59 Å². The number of piperidine rings is 1. The van der Waals surface area contributed by atoms with Gasteiger partial charge in [-0.1, -0.05) is 24.3 Å². The highest BCUT2D eigenvalue weighted by Crippen LogP contribution is 2.36. The van der Waals surface area contributed by atoms with Gasteiger partial charge in [-0.3, -0.25) is 9.59 Å². The van der Waals surface area contributed by atoms with Gasteiger partial charge in [-0.25, -0.2) is 4.98 Å². The second-order valence-corrected chi connectivity index (χ2v) is 9.28. The first kappa shape index (κ1) is 20.0. The molecule has 0 aliphatic carbocycles. The number of hydrogen-bond acceptors (Lipinski definition) is 5. The Morgan fingerprint density at radius 3 is 2.77 bits per heavy atom. The van der Waals surface area contributed by atoms with Crippen LogP contribution in [-0.4, -0.2) is 48.4 Å². The SMILES string of the molecule is COc1ccccc1N1C[C@@H](C(=O)N2CCC[C@H](c3nc4ccccc4s3)C2)CC1=O. The van der Waals surface area contributed by atoms with E-state index < -0.39 is 0 Å². The Labute approximate surface area is 185 Å². The van der Waals surface area contributed by atoms with Crippen LogP contribution in [0.15, 0.2) is 48.5 Å². The van der Waals surface area contributed by atoms with Gasteiger partial charge in [0.05, 0.1) is 33.9 Å². The third kappa shape index (κ3) is 3.78. The van der Waals surface area contributed by atoms with Crippen molar-refractivity contribution in [2.24, 2.45) is 5.92 Å². The lowest BCUT2D eigenvalue weighted by molar-refractivity contribution is -0.137. The summed E-state index contributed by atoms with van der Waals surface area (Å²) in [5.41, 5.74) is 1.76. The van der Waals surface area contributed by atoms with E-state index in [1.54, 1.807) is 23.3 Å². The molecule has 2 aliphatic rings. The van der Waals surface area contributed by atoms with Crippen LogP contribution in [0.5, 0.6) is 5.75 Å². The first-order valence-electron chi connectivity index (χ1n) is 10.7. The molecule has 0 saturated carbocycles. The monoisotopic (exact) mass is 435 g/mol. The maximum atomic E-state index is 13.3. The number of anilines is 1. The molecule has 0 bridgehead atoms. The molecule has 7 heteroatoms. The van der Waals surface area contributed by atoms with Crippen LogP contribution in [0.25, 0.3) is 10.2 Å². The lowest BCUT2D eigenvalue weighted by Crippen LogP contribution is -2.43. The van der Waals surface area contributed by atoms with Crippen LogP contribution in [0.2, 0.25) is 0 Å². The lowest BCUT2D eigenvalue weighted by atomic mass is 9.96. The quantitative estimate of drug-likeness (QED) is 0.620. The van der Waals surface area contributed by atoms with Crippen molar-refractivity contribution >= 4 is 39.1 Å². The van der Waals surface area contributed by atoms with Gasteiger partial charge in [-0.2, -0.15) is 0 Å². The Balaban J connectivity index is 1.30. The van der Waals surface area contributed by atoms with E-state index in [1.807, 2.05) is 47.4 Å². The molecule has 6 nitrogen and oxygen atoms in total. The van der Waals surface area contributed by atoms with E-state index in [4.69, 9.17) is 9.72 Å². The van der Waals surface area contributed by atoms with E-state index in [1.165, 1.54) is 4.70 Å². The predicted octanol–water partition coefficient (Wildman–Crippen LogP) is 4.06. The number of methoxy groups -OCH3 is 1. The molecule has 2 atom stereocenters. The number of hydrogen-bond donors (Lipinski definition) is 0. The number of ether oxygens (including phenoxy) is 1. The molecule has 0 spiro atoms. The van der Waals surface area contributed by atoms with Gasteiger partial charge in [0.25, 0.3) is 0 Å². The molecule has 3 heterocycles. The maximum Gasteiger partial charge on any atom is 0.228 e. The summed E-state index contributed by atoms with van der Waals surface area (Å²) in [5.74, 6) is 0.654. The zero-order valence-corrected chi connectivity index (χ0v) is 18.3. The van der Waals surface area contributed by atoms with E-state index in [2.05, 4.69) is 6.07 Å². The number of carbonyl (C=O) groups is 2. The molecule has 0 unspecified atom stereocenters. The van der Waals surface area contributed by atoms with Crippen molar-refractivity contribution in [2.75, 3.05) is 31.6 Å². The second kappa shape index (κ2) is 8.30. The fourth-order valence-corrected chi connectivity index (χ4v) is 5.75. The lowest BCUT2D eigenvalue weighted by Gasteiger charge is -2.33. The summed E-state index contributed by atoms with van der Waals surface area (Å²) < 4.78 is 6.60. The summed E-state index contributed by atoms with van der Waals surface area (Å²) in [6.07, 6.45) is 2.25. The van der Waals surface area contributed by atoms with Crippen molar-refractivity contribution in [3.8, 4) is 5.75 Å². The minimum Gasteiger partial charge on any atom is -0.495 e. The summed E-state index contributed by atoms with van der Waals surface area (Å²) in [6.45, 7) is 1.83. The summed E-state index contributed by atoms with van der Waals surface area (Å²) in [5, 5.41) is 1.11. The van der Waals surface area contributed by atoms with Crippen LogP contribution in [-0.2, 0) is 9.59 Å². The van der Waals surface area contributed by atoms with Gasteiger partial charge >= 0.3 is 0 Å². The summed E-state index contributed by atoms with van der Waals surface area (Å²) >= 11 is 1.73. The van der Waals surface area contributed by atoms with E-state index in [-0.39, 0.29) is 30.1 Å². The standard InChI is InChI=1S/C24H25N3O3S/c1-30-20-10-4-3-9-19(20)27-15-17(13-22(27)28)24(29)26-12-6-7-16(14-26)23-25-18-8-2-5-11-21(18)31-23/h2-5,8-11,16-17H,6-7,12-15H2,1H3/t16-,17-/m0/s1. The molecule has 31 heavy (non-hydrogen) atoms. The van der Waals surface area contributed by atoms with Crippen molar-refractivity contribution in [2.45, 2.75) is 25.2 Å². The fourth-order valence-electron chi connectivity index (χ4n) is 4.66. The molecule has 3 aromatic rings. The molecule has 160 valence electrons. The van der Waals surface area contributed by atoms with Crippen LogP contribution in [0.1, 0.15) is 30.2 Å².